The lowest BCUT2D eigenvalue weighted by molar-refractivity contribution is 0.0830. The zero-order valence-electron chi connectivity index (χ0n) is 16.0. The first kappa shape index (κ1) is 18.4. The van der Waals surface area contributed by atoms with Gasteiger partial charge in [0.1, 0.15) is 11.9 Å². The van der Waals surface area contributed by atoms with E-state index in [1.54, 1.807) is 6.07 Å². The number of benzene rings is 1. The minimum absolute atomic E-state index is 0.0682. The van der Waals surface area contributed by atoms with Gasteiger partial charge in [0.05, 0.1) is 5.69 Å². The SMILES string of the molecule is CCn1nccc1[C@@H]1OCC[C@H]1CNCc1c(F)cccc1N1CCCC1. The molecule has 1 aromatic carbocycles. The first-order chi connectivity index (χ1) is 13.3. The molecular weight excluding hydrogens is 343 g/mol. The first-order valence-corrected chi connectivity index (χ1v) is 10.1. The van der Waals surface area contributed by atoms with E-state index in [0.29, 0.717) is 12.5 Å². The molecule has 0 amide bonds. The smallest absolute Gasteiger partial charge is 0.129 e. The molecule has 0 radical (unpaired) electrons. The molecule has 2 atom stereocenters. The van der Waals surface area contributed by atoms with E-state index in [2.05, 4.69) is 28.3 Å². The van der Waals surface area contributed by atoms with E-state index in [9.17, 15) is 4.39 Å². The van der Waals surface area contributed by atoms with Gasteiger partial charge >= 0.3 is 0 Å². The summed E-state index contributed by atoms with van der Waals surface area (Å²) in [4.78, 5) is 2.31. The molecule has 0 saturated carbocycles. The first-order valence-electron chi connectivity index (χ1n) is 10.1. The average molecular weight is 372 g/mol. The Morgan fingerprint density at radius 3 is 2.93 bits per heavy atom. The second-order valence-corrected chi connectivity index (χ2v) is 7.47. The van der Waals surface area contributed by atoms with E-state index in [4.69, 9.17) is 4.74 Å². The maximum atomic E-state index is 14.5. The maximum Gasteiger partial charge on any atom is 0.129 e. The highest BCUT2D eigenvalue weighted by atomic mass is 19.1. The van der Waals surface area contributed by atoms with Crippen molar-refractivity contribution in [1.29, 1.82) is 0 Å². The van der Waals surface area contributed by atoms with Gasteiger partial charge < -0.3 is 15.0 Å². The summed E-state index contributed by atoms with van der Waals surface area (Å²) >= 11 is 0. The third kappa shape index (κ3) is 3.87. The van der Waals surface area contributed by atoms with Crippen LogP contribution in [0.25, 0.3) is 0 Å². The number of ether oxygens (including phenoxy) is 1. The van der Waals surface area contributed by atoms with E-state index in [-0.39, 0.29) is 11.9 Å². The third-order valence-electron chi connectivity index (χ3n) is 5.80. The summed E-state index contributed by atoms with van der Waals surface area (Å²) in [6.45, 7) is 7.12. The van der Waals surface area contributed by atoms with Crippen LogP contribution in [0, 0.1) is 11.7 Å². The van der Waals surface area contributed by atoms with Gasteiger partial charge in [-0.1, -0.05) is 6.07 Å². The van der Waals surface area contributed by atoms with Crippen LogP contribution in [-0.4, -0.2) is 36.0 Å². The van der Waals surface area contributed by atoms with Gasteiger partial charge in [0, 0.05) is 62.7 Å². The van der Waals surface area contributed by atoms with Crippen molar-refractivity contribution in [2.75, 3.05) is 31.1 Å². The summed E-state index contributed by atoms with van der Waals surface area (Å²) < 4.78 is 22.5. The van der Waals surface area contributed by atoms with E-state index in [1.165, 1.54) is 12.8 Å². The maximum absolute atomic E-state index is 14.5. The van der Waals surface area contributed by atoms with Crippen molar-refractivity contribution in [2.45, 2.75) is 45.4 Å². The highest BCUT2D eigenvalue weighted by Gasteiger charge is 2.31. The highest BCUT2D eigenvalue weighted by Crippen LogP contribution is 2.34. The van der Waals surface area contributed by atoms with Crippen molar-refractivity contribution in [3.63, 3.8) is 0 Å². The average Bonchev–Trinajstić information content (AvgIpc) is 3.43. The predicted octanol–water partition coefficient (Wildman–Crippen LogP) is 3.51. The van der Waals surface area contributed by atoms with Gasteiger partial charge in [0.2, 0.25) is 0 Å². The number of aromatic nitrogens is 2. The fraction of sp³-hybridized carbons (Fsp3) is 0.571. The van der Waals surface area contributed by atoms with Crippen molar-refractivity contribution in [2.24, 2.45) is 5.92 Å². The van der Waals surface area contributed by atoms with Gasteiger partial charge in [-0.05, 0) is 44.4 Å². The molecule has 0 unspecified atom stereocenters. The topological polar surface area (TPSA) is 42.3 Å². The number of nitrogens with one attached hydrogen (secondary N) is 1. The molecule has 0 aliphatic carbocycles. The van der Waals surface area contributed by atoms with Crippen LogP contribution in [0.4, 0.5) is 10.1 Å². The molecule has 146 valence electrons. The number of aryl methyl sites for hydroxylation is 1. The van der Waals surface area contributed by atoms with Gasteiger partial charge in [-0.3, -0.25) is 4.68 Å². The van der Waals surface area contributed by atoms with Gasteiger partial charge in [-0.25, -0.2) is 4.39 Å². The van der Waals surface area contributed by atoms with Gasteiger partial charge in [-0.2, -0.15) is 5.10 Å². The number of nitrogens with zero attached hydrogens (tertiary/aromatic N) is 3. The van der Waals surface area contributed by atoms with Crippen LogP contribution >= 0.6 is 0 Å². The summed E-state index contributed by atoms with van der Waals surface area (Å²) in [5, 5.41) is 7.87. The minimum atomic E-state index is -0.116. The molecule has 2 fully saturated rings. The van der Waals surface area contributed by atoms with Crippen molar-refractivity contribution >= 4 is 5.69 Å². The number of hydrogen-bond acceptors (Lipinski definition) is 4. The Labute approximate surface area is 160 Å². The molecular formula is C21H29FN4O. The minimum Gasteiger partial charge on any atom is -0.372 e. The monoisotopic (exact) mass is 372 g/mol. The Morgan fingerprint density at radius 2 is 2.11 bits per heavy atom. The molecule has 1 N–H and O–H groups in total. The number of anilines is 1. The fourth-order valence-corrected chi connectivity index (χ4v) is 4.38. The summed E-state index contributed by atoms with van der Waals surface area (Å²) in [6.07, 6.45) is 5.30. The zero-order chi connectivity index (χ0) is 18.6. The summed E-state index contributed by atoms with van der Waals surface area (Å²) in [6, 6.07) is 7.48. The zero-order valence-corrected chi connectivity index (χ0v) is 16.0. The molecule has 5 nitrogen and oxygen atoms in total. The molecule has 2 aliphatic rings. The lowest BCUT2D eigenvalue weighted by Crippen LogP contribution is -2.27. The standard InChI is InChI=1S/C21H29FN4O/c1-2-26-20(8-10-24-26)21-16(9-13-27-21)14-23-15-17-18(22)6-5-7-19(17)25-11-3-4-12-25/h5-8,10,16,21,23H,2-4,9,11-15H2,1H3/t16-,21+/m0/s1. The van der Waals surface area contributed by atoms with Crippen molar-refractivity contribution in [3.8, 4) is 0 Å². The summed E-state index contributed by atoms with van der Waals surface area (Å²) in [7, 11) is 0. The second-order valence-electron chi connectivity index (χ2n) is 7.47. The van der Waals surface area contributed by atoms with Gasteiger partial charge in [-0.15, -0.1) is 0 Å². The van der Waals surface area contributed by atoms with Crippen LogP contribution in [0.2, 0.25) is 0 Å². The molecule has 0 spiro atoms. The molecule has 2 aliphatic heterocycles. The lowest BCUT2D eigenvalue weighted by Gasteiger charge is -2.23. The molecule has 1 aromatic heterocycles. The van der Waals surface area contributed by atoms with Crippen LogP contribution in [0.5, 0.6) is 0 Å². The Morgan fingerprint density at radius 1 is 1.26 bits per heavy atom. The number of halogens is 1. The Hall–Kier alpha value is -1.92. The quantitative estimate of drug-likeness (QED) is 0.808. The van der Waals surface area contributed by atoms with Gasteiger partial charge in [0.15, 0.2) is 0 Å². The summed E-state index contributed by atoms with van der Waals surface area (Å²) in [5.41, 5.74) is 2.97. The highest BCUT2D eigenvalue weighted by molar-refractivity contribution is 5.54. The number of hydrogen-bond donors (Lipinski definition) is 1. The van der Waals surface area contributed by atoms with Crippen molar-refractivity contribution in [1.82, 2.24) is 15.1 Å². The third-order valence-corrected chi connectivity index (χ3v) is 5.80. The van der Waals surface area contributed by atoms with Crippen LogP contribution < -0.4 is 10.2 Å². The van der Waals surface area contributed by atoms with E-state index in [0.717, 1.165) is 56.2 Å². The van der Waals surface area contributed by atoms with Crippen LogP contribution in [0.1, 0.15) is 43.5 Å². The van der Waals surface area contributed by atoms with Crippen molar-refractivity contribution in [3.05, 3.63) is 47.5 Å². The summed E-state index contributed by atoms with van der Waals surface area (Å²) in [5.74, 6) is 0.268. The van der Waals surface area contributed by atoms with Crippen LogP contribution in [-0.2, 0) is 17.8 Å². The normalized spacial score (nSPS) is 22.7. The van der Waals surface area contributed by atoms with E-state index in [1.807, 2.05) is 23.0 Å². The van der Waals surface area contributed by atoms with Crippen molar-refractivity contribution < 1.29 is 9.13 Å². The van der Waals surface area contributed by atoms with Crippen LogP contribution in [0.3, 0.4) is 0 Å². The molecule has 2 aromatic rings. The fourth-order valence-electron chi connectivity index (χ4n) is 4.38. The number of rotatable bonds is 7. The van der Waals surface area contributed by atoms with Crippen LogP contribution in [0.15, 0.2) is 30.5 Å². The largest absolute Gasteiger partial charge is 0.372 e. The molecule has 3 heterocycles. The molecule has 2 saturated heterocycles. The Bertz CT molecular complexity index is 756. The lowest BCUT2D eigenvalue weighted by atomic mass is 9.98. The van der Waals surface area contributed by atoms with E-state index < -0.39 is 0 Å². The molecule has 27 heavy (non-hydrogen) atoms. The second kappa shape index (κ2) is 8.40. The van der Waals surface area contributed by atoms with Gasteiger partial charge in [0.25, 0.3) is 0 Å². The predicted molar refractivity (Wildman–Crippen MR) is 104 cm³/mol. The molecule has 4 rings (SSSR count). The Kier molecular flexibility index (Phi) is 5.74. The molecule has 0 bridgehead atoms. The Balaban J connectivity index is 1.41. The molecule has 6 heteroatoms. The van der Waals surface area contributed by atoms with E-state index >= 15 is 0 Å².